The predicted molar refractivity (Wildman–Crippen MR) is 172 cm³/mol. The smallest absolute Gasteiger partial charge is 0.256 e. The second-order valence-electron chi connectivity index (χ2n) is 11.8. The molecule has 1 N–H and O–H groups in total. The van der Waals surface area contributed by atoms with E-state index in [0.717, 1.165) is 85.6 Å². The van der Waals surface area contributed by atoms with Crippen molar-refractivity contribution in [3.05, 3.63) is 89.8 Å². The molecule has 9 nitrogen and oxygen atoms in total. The molecule has 0 spiro atoms. The van der Waals surface area contributed by atoms with Gasteiger partial charge in [-0.1, -0.05) is 31.6 Å². The third kappa shape index (κ3) is 6.43. The van der Waals surface area contributed by atoms with Crippen molar-refractivity contribution in [3.63, 3.8) is 0 Å². The van der Waals surface area contributed by atoms with Crippen LogP contribution in [0.15, 0.2) is 67.1 Å². The van der Waals surface area contributed by atoms with Gasteiger partial charge in [-0.2, -0.15) is 0 Å². The van der Waals surface area contributed by atoms with E-state index >= 15 is 0 Å². The first-order valence-electron chi connectivity index (χ1n) is 15.9. The van der Waals surface area contributed by atoms with Crippen LogP contribution in [0.4, 0.5) is 5.82 Å². The van der Waals surface area contributed by atoms with Gasteiger partial charge in [0, 0.05) is 48.9 Å². The van der Waals surface area contributed by atoms with E-state index in [9.17, 15) is 9.59 Å². The van der Waals surface area contributed by atoms with Crippen LogP contribution in [-0.2, 0) is 11.2 Å². The summed E-state index contributed by atoms with van der Waals surface area (Å²) in [6.07, 6.45) is 16.6. The molecule has 0 unspecified atom stereocenters. The number of carbonyl (C=O) groups excluding carboxylic acids is 2. The van der Waals surface area contributed by atoms with Crippen molar-refractivity contribution in [3.8, 4) is 11.3 Å². The number of likely N-dealkylation sites (tertiary alicyclic amines) is 2. The molecular weight excluding hydrogens is 550 g/mol. The number of hydrogen-bond acceptors (Lipinski definition) is 6. The van der Waals surface area contributed by atoms with Crippen molar-refractivity contribution in [1.82, 2.24) is 29.2 Å². The standard InChI is InChI=1S/C35H41N7O2/c1-3-9-26-16-17-37-30(24-26)38-35(44)28-14-12-27(13-15-28)32-33-25(2)36-18-23-42(33)34(39-32)29-10-4-5-22-41(29)31(43)11-8-21-40-19-6-7-20-40/h8,11-18,23-24,29H,3-7,9-10,19-22H2,1-2H3,(H,37,38,44)/t29-/m0/s1. The van der Waals surface area contributed by atoms with Gasteiger partial charge in [-0.3, -0.25) is 23.9 Å². The Bertz CT molecular complexity index is 1650. The molecule has 1 aromatic carbocycles. The molecule has 9 heteroatoms. The minimum absolute atomic E-state index is 0.0445. The Morgan fingerprint density at radius 3 is 2.59 bits per heavy atom. The third-order valence-electron chi connectivity index (χ3n) is 8.70. The summed E-state index contributed by atoms with van der Waals surface area (Å²) in [6.45, 7) is 7.86. The van der Waals surface area contributed by atoms with Gasteiger partial charge in [0.05, 0.1) is 22.9 Å². The summed E-state index contributed by atoms with van der Waals surface area (Å²) >= 11 is 0. The fraction of sp³-hybridized carbons (Fsp3) is 0.400. The topological polar surface area (TPSA) is 95.7 Å². The lowest BCUT2D eigenvalue weighted by molar-refractivity contribution is -0.130. The van der Waals surface area contributed by atoms with Crippen LogP contribution in [0.3, 0.4) is 0 Å². The second kappa shape index (κ2) is 13.5. The van der Waals surface area contributed by atoms with Crippen LogP contribution < -0.4 is 5.32 Å². The molecule has 2 aliphatic heterocycles. The van der Waals surface area contributed by atoms with E-state index in [2.05, 4.69) is 31.5 Å². The highest BCUT2D eigenvalue weighted by Gasteiger charge is 2.31. The molecule has 2 fully saturated rings. The summed E-state index contributed by atoms with van der Waals surface area (Å²) in [4.78, 5) is 44.9. The number of fused-ring (bicyclic) bond motifs is 1. The monoisotopic (exact) mass is 591 g/mol. The van der Waals surface area contributed by atoms with Gasteiger partial charge in [-0.05, 0) is 88.4 Å². The summed E-state index contributed by atoms with van der Waals surface area (Å²) in [5.74, 6) is 1.23. The summed E-state index contributed by atoms with van der Waals surface area (Å²) in [5.41, 5.74) is 5.16. The molecule has 4 aromatic rings. The molecule has 0 aliphatic carbocycles. The molecule has 2 aliphatic rings. The number of aryl methyl sites for hydroxylation is 2. The first-order valence-corrected chi connectivity index (χ1v) is 15.9. The predicted octanol–water partition coefficient (Wildman–Crippen LogP) is 6.01. The molecule has 1 atom stereocenters. The van der Waals surface area contributed by atoms with Crippen LogP contribution in [-0.4, -0.2) is 67.1 Å². The van der Waals surface area contributed by atoms with Crippen molar-refractivity contribution in [2.24, 2.45) is 0 Å². The van der Waals surface area contributed by atoms with Gasteiger partial charge in [-0.15, -0.1) is 0 Å². The highest BCUT2D eigenvalue weighted by atomic mass is 16.2. The van der Waals surface area contributed by atoms with E-state index in [4.69, 9.17) is 4.98 Å². The second-order valence-corrected chi connectivity index (χ2v) is 11.8. The lowest BCUT2D eigenvalue weighted by atomic mass is 10.0. The summed E-state index contributed by atoms with van der Waals surface area (Å²) in [6, 6.07) is 11.3. The van der Waals surface area contributed by atoms with Gasteiger partial charge in [-0.25, -0.2) is 9.97 Å². The largest absolute Gasteiger partial charge is 0.329 e. The zero-order chi connectivity index (χ0) is 30.5. The van der Waals surface area contributed by atoms with Crippen molar-refractivity contribution in [2.75, 3.05) is 31.5 Å². The van der Waals surface area contributed by atoms with Gasteiger partial charge in [0.1, 0.15) is 11.6 Å². The van der Waals surface area contributed by atoms with Crippen molar-refractivity contribution in [2.45, 2.75) is 64.8 Å². The normalized spacial score (nSPS) is 17.5. The van der Waals surface area contributed by atoms with E-state index < -0.39 is 0 Å². The fourth-order valence-electron chi connectivity index (χ4n) is 6.44. The van der Waals surface area contributed by atoms with Crippen LogP contribution in [0.25, 0.3) is 16.8 Å². The molecule has 228 valence electrons. The third-order valence-corrected chi connectivity index (χ3v) is 8.70. The molecule has 44 heavy (non-hydrogen) atoms. The molecule has 2 amide bonds. The summed E-state index contributed by atoms with van der Waals surface area (Å²) in [7, 11) is 0. The van der Waals surface area contributed by atoms with Crippen LogP contribution in [0.1, 0.15) is 78.9 Å². The zero-order valence-corrected chi connectivity index (χ0v) is 25.7. The number of aromatic nitrogens is 4. The first kappa shape index (κ1) is 29.7. The number of hydrogen-bond donors (Lipinski definition) is 1. The zero-order valence-electron chi connectivity index (χ0n) is 25.7. The fourth-order valence-corrected chi connectivity index (χ4v) is 6.44. The van der Waals surface area contributed by atoms with Crippen LogP contribution in [0, 0.1) is 6.92 Å². The highest BCUT2D eigenvalue weighted by molar-refractivity contribution is 6.04. The van der Waals surface area contributed by atoms with Gasteiger partial charge in [0.25, 0.3) is 5.91 Å². The average Bonchev–Trinajstić information content (AvgIpc) is 3.70. The van der Waals surface area contributed by atoms with E-state index in [1.807, 2.05) is 60.5 Å². The van der Waals surface area contributed by atoms with Crippen molar-refractivity contribution >= 4 is 23.1 Å². The lowest BCUT2D eigenvalue weighted by Gasteiger charge is -2.34. The summed E-state index contributed by atoms with van der Waals surface area (Å²) in [5, 5.41) is 2.92. The Morgan fingerprint density at radius 2 is 1.80 bits per heavy atom. The highest BCUT2D eigenvalue weighted by Crippen LogP contribution is 2.35. The minimum atomic E-state index is -0.208. The van der Waals surface area contributed by atoms with Gasteiger partial charge < -0.3 is 10.2 Å². The average molecular weight is 592 g/mol. The van der Waals surface area contributed by atoms with E-state index in [0.29, 0.717) is 17.9 Å². The Kier molecular flexibility index (Phi) is 9.12. The molecule has 3 aromatic heterocycles. The Balaban J connectivity index is 1.25. The van der Waals surface area contributed by atoms with Gasteiger partial charge in [0.2, 0.25) is 5.91 Å². The Morgan fingerprint density at radius 1 is 1.00 bits per heavy atom. The van der Waals surface area contributed by atoms with E-state index in [-0.39, 0.29) is 17.9 Å². The van der Waals surface area contributed by atoms with Crippen LogP contribution in [0.2, 0.25) is 0 Å². The number of piperidine rings is 1. The number of nitrogens with one attached hydrogen (secondary N) is 1. The Labute approximate surface area is 259 Å². The molecule has 0 radical (unpaired) electrons. The first-order chi connectivity index (χ1) is 21.5. The molecular formula is C35H41N7O2. The van der Waals surface area contributed by atoms with Crippen molar-refractivity contribution in [1.29, 1.82) is 0 Å². The van der Waals surface area contributed by atoms with Crippen molar-refractivity contribution < 1.29 is 9.59 Å². The summed E-state index contributed by atoms with van der Waals surface area (Å²) < 4.78 is 2.09. The lowest BCUT2D eigenvalue weighted by Crippen LogP contribution is -2.38. The number of carbonyl (C=O) groups is 2. The minimum Gasteiger partial charge on any atom is -0.329 e. The number of benzene rings is 1. The quantitative estimate of drug-likeness (QED) is 0.240. The van der Waals surface area contributed by atoms with Crippen LogP contribution >= 0.6 is 0 Å². The van der Waals surface area contributed by atoms with Gasteiger partial charge in [0.15, 0.2) is 0 Å². The maximum Gasteiger partial charge on any atom is 0.256 e. The number of anilines is 1. The van der Waals surface area contributed by atoms with Crippen LogP contribution in [0.5, 0.6) is 0 Å². The van der Waals surface area contributed by atoms with Gasteiger partial charge >= 0.3 is 0 Å². The molecule has 0 bridgehead atoms. The number of amides is 2. The van der Waals surface area contributed by atoms with E-state index in [1.165, 1.54) is 12.8 Å². The molecule has 5 heterocycles. The number of imidazole rings is 1. The molecule has 2 saturated heterocycles. The molecule has 6 rings (SSSR count). The maximum absolute atomic E-state index is 13.4. The maximum atomic E-state index is 13.4. The van der Waals surface area contributed by atoms with E-state index in [1.54, 1.807) is 18.5 Å². The Hall–Kier alpha value is -4.37. The number of pyridine rings is 1. The molecule has 0 saturated carbocycles. The number of rotatable bonds is 9. The SMILES string of the molecule is CCCc1ccnc(NC(=O)c2ccc(-c3nc([C@@H]4CCCCN4C(=O)C=CCN4CCCC4)n4ccnc(C)c34)cc2)c1. The number of nitrogens with zero attached hydrogens (tertiary/aromatic N) is 6.